The third kappa shape index (κ3) is 3.71. The van der Waals surface area contributed by atoms with E-state index < -0.39 is 7.12 Å². The fourth-order valence-electron chi connectivity index (χ4n) is 2.91. The van der Waals surface area contributed by atoms with Crippen molar-refractivity contribution in [1.82, 2.24) is 4.98 Å². The van der Waals surface area contributed by atoms with Crippen LogP contribution in [0.5, 0.6) is 11.5 Å². The zero-order valence-electron chi connectivity index (χ0n) is 14.1. The van der Waals surface area contributed by atoms with Gasteiger partial charge < -0.3 is 19.2 Å². The Balaban J connectivity index is 1.89. The molecule has 1 atom stereocenters. The highest BCUT2D eigenvalue weighted by atomic mass is 16.5. The summed E-state index contributed by atoms with van der Waals surface area (Å²) in [6.07, 6.45) is 4.29. The molecule has 0 saturated carbocycles. The van der Waals surface area contributed by atoms with E-state index in [4.69, 9.17) is 14.1 Å². The molecule has 5 nitrogen and oxygen atoms in total. The van der Waals surface area contributed by atoms with Crippen LogP contribution in [0.4, 0.5) is 0 Å². The van der Waals surface area contributed by atoms with Gasteiger partial charge in [-0.1, -0.05) is 6.07 Å². The highest BCUT2D eigenvalue weighted by molar-refractivity contribution is 6.43. The van der Waals surface area contributed by atoms with Gasteiger partial charge in [0.05, 0.1) is 13.2 Å². The first-order chi connectivity index (χ1) is 11.7. The van der Waals surface area contributed by atoms with Crippen molar-refractivity contribution >= 4 is 7.12 Å². The molecule has 0 bridgehead atoms. The molecule has 0 aliphatic carbocycles. The van der Waals surface area contributed by atoms with Crippen LogP contribution in [0.3, 0.4) is 0 Å². The maximum absolute atomic E-state index is 9.55. The van der Waals surface area contributed by atoms with Crippen LogP contribution in [0, 0.1) is 0 Å². The monoisotopic (exact) mass is 327 g/mol. The number of pyridine rings is 1. The summed E-state index contributed by atoms with van der Waals surface area (Å²) in [6.45, 7) is 5.62. The van der Waals surface area contributed by atoms with E-state index in [1.807, 2.05) is 44.4 Å². The van der Waals surface area contributed by atoms with Crippen LogP contribution in [-0.4, -0.2) is 36.9 Å². The van der Waals surface area contributed by atoms with Crippen molar-refractivity contribution < 1.29 is 19.2 Å². The second-order valence-electron chi connectivity index (χ2n) is 5.76. The maximum Gasteiger partial charge on any atom is 0.454 e. The quantitative estimate of drug-likeness (QED) is 0.826. The summed E-state index contributed by atoms with van der Waals surface area (Å²) < 4.78 is 16.6. The second-order valence-corrected chi connectivity index (χ2v) is 5.76. The van der Waals surface area contributed by atoms with Crippen molar-refractivity contribution in [3.05, 3.63) is 42.2 Å². The molecule has 2 aromatic rings. The number of hydrogen-bond donors (Lipinski definition) is 1. The molecule has 1 aromatic carbocycles. The highest BCUT2D eigenvalue weighted by Crippen LogP contribution is 2.34. The topological polar surface area (TPSA) is 60.8 Å². The zero-order valence-corrected chi connectivity index (χ0v) is 14.1. The van der Waals surface area contributed by atoms with Crippen LogP contribution in [0.2, 0.25) is 6.32 Å². The molecule has 3 rings (SSSR count). The number of hydrogen-bond acceptors (Lipinski definition) is 5. The predicted molar refractivity (Wildman–Crippen MR) is 93.5 cm³/mol. The van der Waals surface area contributed by atoms with E-state index >= 15 is 0 Å². The van der Waals surface area contributed by atoms with Crippen molar-refractivity contribution in [2.75, 3.05) is 19.8 Å². The van der Waals surface area contributed by atoms with E-state index in [1.165, 1.54) is 0 Å². The van der Waals surface area contributed by atoms with Gasteiger partial charge in [-0.05, 0) is 49.5 Å². The summed E-state index contributed by atoms with van der Waals surface area (Å²) in [6, 6.07) is 8.02. The third-order valence-corrected chi connectivity index (χ3v) is 4.08. The molecule has 1 aromatic heterocycles. The Kier molecular flexibility index (Phi) is 5.38. The molecule has 6 heteroatoms. The van der Waals surface area contributed by atoms with E-state index in [2.05, 4.69) is 11.1 Å². The average Bonchev–Trinajstić information content (AvgIpc) is 3.03. The lowest BCUT2D eigenvalue weighted by Crippen LogP contribution is -2.07. The molecule has 24 heavy (non-hydrogen) atoms. The number of rotatable bonds is 6. The summed E-state index contributed by atoms with van der Waals surface area (Å²) in [7, 11) is -0.673. The van der Waals surface area contributed by atoms with Crippen LogP contribution >= 0.6 is 0 Å². The molecule has 0 radical (unpaired) electrons. The van der Waals surface area contributed by atoms with Crippen LogP contribution in [0.1, 0.15) is 25.3 Å². The lowest BCUT2D eigenvalue weighted by molar-refractivity contribution is 0.288. The van der Waals surface area contributed by atoms with E-state index in [0.717, 1.165) is 28.2 Å². The Bertz CT molecular complexity index is 694. The first-order valence-corrected chi connectivity index (χ1v) is 8.35. The van der Waals surface area contributed by atoms with Gasteiger partial charge in [0.1, 0.15) is 0 Å². The van der Waals surface area contributed by atoms with Gasteiger partial charge >= 0.3 is 7.12 Å². The zero-order chi connectivity index (χ0) is 16.9. The number of benzene rings is 1. The Hall–Kier alpha value is -2.05. The molecule has 0 spiro atoms. The minimum Gasteiger partial charge on any atom is -0.490 e. The first-order valence-electron chi connectivity index (χ1n) is 8.35. The van der Waals surface area contributed by atoms with Crippen LogP contribution in [-0.2, 0) is 4.65 Å². The van der Waals surface area contributed by atoms with Gasteiger partial charge in [-0.3, -0.25) is 4.98 Å². The van der Waals surface area contributed by atoms with Gasteiger partial charge in [0, 0.05) is 30.5 Å². The summed E-state index contributed by atoms with van der Waals surface area (Å²) in [5.41, 5.74) is 3.12. The highest BCUT2D eigenvalue weighted by Gasteiger charge is 2.30. The molecule has 126 valence electrons. The summed E-state index contributed by atoms with van der Waals surface area (Å²) in [5, 5.41) is 9.55. The normalized spacial score (nSPS) is 17.1. The standard InChI is InChI=1S/C18H22BNO4/c1-3-22-17-6-5-13(8-18(17)23-4-2)14-7-15(11-20-10-14)16-9-19(21)24-12-16/h5-8,10-11,16,21H,3-4,9,12H2,1-2H3/t16-/m1/s1. The van der Waals surface area contributed by atoms with Crippen molar-refractivity contribution in [1.29, 1.82) is 0 Å². The van der Waals surface area contributed by atoms with Crippen molar-refractivity contribution in [2.24, 2.45) is 0 Å². The summed E-state index contributed by atoms with van der Waals surface area (Å²) >= 11 is 0. The summed E-state index contributed by atoms with van der Waals surface area (Å²) in [5.74, 6) is 1.67. The van der Waals surface area contributed by atoms with Gasteiger partial charge in [-0.25, -0.2) is 0 Å². The van der Waals surface area contributed by atoms with E-state index in [-0.39, 0.29) is 5.92 Å². The fourth-order valence-corrected chi connectivity index (χ4v) is 2.91. The van der Waals surface area contributed by atoms with Crippen LogP contribution < -0.4 is 9.47 Å². The molecule has 1 aliphatic heterocycles. The van der Waals surface area contributed by atoms with E-state index in [1.54, 1.807) is 0 Å². The Morgan fingerprint density at radius 3 is 2.62 bits per heavy atom. The molecule has 0 unspecified atom stereocenters. The molecule has 1 saturated heterocycles. The van der Waals surface area contributed by atoms with Gasteiger partial charge in [0.2, 0.25) is 0 Å². The Morgan fingerprint density at radius 1 is 1.12 bits per heavy atom. The molecular weight excluding hydrogens is 305 g/mol. The molecule has 2 heterocycles. The van der Waals surface area contributed by atoms with Gasteiger partial charge in [-0.2, -0.15) is 0 Å². The van der Waals surface area contributed by atoms with Gasteiger partial charge in [0.15, 0.2) is 11.5 Å². The Morgan fingerprint density at radius 2 is 1.92 bits per heavy atom. The maximum atomic E-state index is 9.55. The van der Waals surface area contributed by atoms with Crippen molar-refractivity contribution in [3.63, 3.8) is 0 Å². The molecule has 1 fully saturated rings. The van der Waals surface area contributed by atoms with Crippen LogP contribution in [0.25, 0.3) is 11.1 Å². The fraction of sp³-hybridized carbons (Fsp3) is 0.389. The molecule has 0 amide bonds. The van der Waals surface area contributed by atoms with E-state index in [0.29, 0.717) is 26.1 Å². The molecular formula is C18H22BNO4. The Labute approximate surface area is 142 Å². The van der Waals surface area contributed by atoms with Gasteiger partial charge in [0.25, 0.3) is 0 Å². The predicted octanol–water partition coefficient (Wildman–Crippen LogP) is 3.14. The number of nitrogens with zero attached hydrogens (tertiary/aromatic N) is 1. The lowest BCUT2D eigenvalue weighted by atomic mass is 9.80. The average molecular weight is 327 g/mol. The minimum atomic E-state index is -0.673. The van der Waals surface area contributed by atoms with Crippen molar-refractivity contribution in [3.8, 4) is 22.6 Å². The van der Waals surface area contributed by atoms with Gasteiger partial charge in [-0.15, -0.1) is 0 Å². The lowest BCUT2D eigenvalue weighted by Gasteiger charge is -2.13. The smallest absolute Gasteiger partial charge is 0.454 e. The minimum absolute atomic E-state index is 0.182. The largest absolute Gasteiger partial charge is 0.490 e. The summed E-state index contributed by atoms with van der Waals surface area (Å²) in [4.78, 5) is 4.36. The number of ether oxygens (including phenoxy) is 2. The van der Waals surface area contributed by atoms with E-state index in [9.17, 15) is 5.02 Å². The third-order valence-electron chi connectivity index (χ3n) is 4.08. The SMILES string of the molecule is CCOc1ccc(-c2cncc([C@H]3COB(O)C3)c2)cc1OCC. The molecule has 1 N–H and O–H groups in total. The van der Waals surface area contributed by atoms with Crippen LogP contribution in [0.15, 0.2) is 36.7 Å². The first kappa shape index (κ1) is 16.8. The van der Waals surface area contributed by atoms with Crippen molar-refractivity contribution in [2.45, 2.75) is 26.1 Å². The second kappa shape index (κ2) is 7.68. The number of aromatic nitrogens is 1. The molecule has 1 aliphatic rings.